The molecule has 8 heavy (non-hydrogen) atoms. The van der Waals surface area contributed by atoms with E-state index in [1.165, 1.54) is 11.5 Å². The van der Waals surface area contributed by atoms with Gasteiger partial charge < -0.3 is 5.73 Å². The standard InChI is InChI=1S/C4H7N3S/c1-3(5)4-2-8-7-6-4/h2-3H,5H2,1H3. The minimum absolute atomic E-state index is 0.0220. The van der Waals surface area contributed by atoms with Crippen LogP contribution < -0.4 is 5.73 Å². The molecule has 1 heterocycles. The molecule has 3 nitrogen and oxygen atoms in total. The van der Waals surface area contributed by atoms with Gasteiger partial charge in [0.2, 0.25) is 0 Å². The lowest BCUT2D eigenvalue weighted by Crippen LogP contribution is -2.04. The average molecular weight is 129 g/mol. The first-order valence-electron chi connectivity index (χ1n) is 2.33. The van der Waals surface area contributed by atoms with Gasteiger partial charge >= 0.3 is 0 Å². The second kappa shape index (κ2) is 2.19. The maximum atomic E-state index is 5.46. The molecule has 1 rings (SSSR count). The number of hydrogen-bond acceptors (Lipinski definition) is 4. The van der Waals surface area contributed by atoms with Crippen molar-refractivity contribution in [1.29, 1.82) is 0 Å². The summed E-state index contributed by atoms with van der Waals surface area (Å²) in [7, 11) is 0. The average Bonchev–Trinajstić information content (AvgIpc) is 2.12. The third-order valence-electron chi connectivity index (χ3n) is 0.843. The highest BCUT2D eigenvalue weighted by Gasteiger charge is 1.99. The summed E-state index contributed by atoms with van der Waals surface area (Å²) in [5.74, 6) is 0. The van der Waals surface area contributed by atoms with Crippen molar-refractivity contribution in [2.24, 2.45) is 5.73 Å². The zero-order valence-corrected chi connectivity index (χ0v) is 5.35. The summed E-state index contributed by atoms with van der Waals surface area (Å²) in [6, 6.07) is 0.0220. The fraction of sp³-hybridized carbons (Fsp3) is 0.500. The first kappa shape index (κ1) is 5.65. The molecule has 0 aliphatic rings. The summed E-state index contributed by atoms with van der Waals surface area (Å²) in [5, 5.41) is 5.61. The van der Waals surface area contributed by atoms with E-state index in [0.29, 0.717) is 0 Å². The van der Waals surface area contributed by atoms with Gasteiger partial charge in [-0.1, -0.05) is 4.49 Å². The highest BCUT2D eigenvalue weighted by molar-refractivity contribution is 7.03. The molecule has 0 saturated heterocycles. The molecule has 44 valence electrons. The molecule has 2 N–H and O–H groups in total. The minimum Gasteiger partial charge on any atom is -0.323 e. The number of hydrogen-bond donors (Lipinski definition) is 1. The Balaban J connectivity index is 2.77. The summed E-state index contributed by atoms with van der Waals surface area (Å²) >= 11 is 1.33. The van der Waals surface area contributed by atoms with Crippen molar-refractivity contribution in [2.75, 3.05) is 0 Å². The van der Waals surface area contributed by atoms with Crippen LogP contribution in [0.25, 0.3) is 0 Å². The molecule has 1 atom stereocenters. The molecular weight excluding hydrogens is 122 g/mol. The Morgan fingerprint density at radius 1 is 1.88 bits per heavy atom. The smallest absolute Gasteiger partial charge is 0.0919 e. The quantitative estimate of drug-likeness (QED) is 0.602. The Kier molecular flexibility index (Phi) is 1.55. The second-order valence-corrected chi connectivity index (χ2v) is 2.23. The van der Waals surface area contributed by atoms with Gasteiger partial charge in [0.05, 0.1) is 5.69 Å². The van der Waals surface area contributed by atoms with Crippen LogP contribution >= 0.6 is 11.5 Å². The van der Waals surface area contributed by atoms with Gasteiger partial charge in [0, 0.05) is 11.4 Å². The van der Waals surface area contributed by atoms with E-state index in [1.54, 1.807) is 0 Å². The van der Waals surface area contributed by atoms with E-state index in [-0.39, 0.29) is 6.04 Å². The van der Waals surface area contributed by atoms with Crippen LogP contribution in [0.5, 0.6) is 0 Å². The fourth-order valence-electron chi connectivity index (χ4n) is 0.370. The molecule has 0 fully saturated rings. The first-order valence-corrected chi connectivity index (χ1v) is 3.17. The van der Waals surface area contributed by atoms with Crippen molar-refractivity contribution >= 4 is 11.5 Å². The monoisotopic (exact) mass is 129 g/mol. The zero-order valence-electron chi connectivity index (χ0n) is 4.53. The Bertz CT molecular complexity index is 146. The van der Waals surface area contributed by atoms with Crippen LogP contribution in [-0.4, -0.2) is 9.59 Å². The highest BCUT2D eigenvalue weighted by atomic mass is 32.1. The van der Waals surface area contributed by atoms with Crippen molar-refractivity contribution in [1.82, 2.24) is 9.59 Å². The van der Waals surface area contributed by atoms with Gasteiger partial charge in [-0.2, -0.15) is 0 Å². The predicted molar refractivity (Wildman–Crippen MR) is 32.5 cm³/mol. The van der Waals surface area contributed by atoms with Crippen LogP contribution in [0.15, 0.2) is 5.38 Å². The SMILES string of the molecule is CC(N)c1csnn1. The van der Waals surface area contributed by atoms with E-state index in [2.05, 4.69) is 9.59 Å². The van der Waals surface area contributed by atoms with E-state index < -0.39 is 0 Å². The molecule has 1 unspecified atom stereocenters. The summed E-state index contributed by atoms with van der Waals surface area (Å²) < 4.78 is 3.66. The van der Waals surface area contributed by atoms with Gasteiger partial charge in [0.25, 0.3) is 0 Å². The van der Waals surface area contributed by atoms with Gasteiger partial charge in [-0.15, -0.1) is 5.10 Å². The third-order valence-corrected chi connectivity index (χ3v) is 1.37. The number of rotatable bonds is 1. The molecule has 0 radical (unpaired) electrons. The minimum atomic E-state index is 0.0220. The maximum absolute atomic E-state index is 5.46. The molecule has 0 aliphatic heterocycles. The molecule has 0 bridgehead atoms. The van der Waals surface area contributed by atoms with E-state index >= 15 is 0 Å². The molecule has 0 aromatic carbocycles. The van der Waals surface area contributed by atoms with Crippen LogP contribution in [-0.2, 0) is 0 Å². The number of nitrogens with two attached hydrogens (primary N) is 1. The Hall–Kier alpha value is -0.480. The van der Waals surface area contributed by atoms with Gasteiger partial charge in [0.1, 0.15) is 0 Å². The molecule has 1 aromatic rings. The Labute approximate surface area is 51.7 Å². The van der Waals surface area contributed by atoms with Crippen molar-refractivity contribution in [3.05, 3.63) is 11.1 Å². The lowest BCUT2D eigenvalue weighted by Gasteiger charge is -1.93. The summed E-state index contributed by atoms with van der Waals surface area (Å²) in [6.45, 7) is 1.89. The molecular formula is C4H7N3S. The van der Waals surface area contributed by atoms with E-state index in [1.807, 2.05) is 12.3 Å². The highest BCUT2D eigenvalue weighted by Crippen LogP contribution is 2.04. The maximum Gasteiger partial charge on any atom is 0.0919 e. The van der Waals surface area contributed by atoms with Crippen molar-refractivity contribution in [3.8, 4) is 0 Å². The van der Waals surface area contributed by atoms with Gasteiger partial charge in [-0.25, -0.2) is 0 Å². The Morgan fingerprint density at radius 2 is 2.62 bits per heavy atom. The number of aromatic nitrogens is 2. The first-order chi connectivity index (χ1) is 3.80. The Morgan fingerprint density at radius 3 is 2.88 bits per heavy atom. The second-order valence-electron chi connectivity index (χ2n) is 1.62. The summed E-state index contributed by atoms with van der Waals surface area (Å²) in [4.78, 5) is 0. The van der Waals surface area contributed by atoms with Crippen LogP contribution in [0.1, 0.15) is 18.7 Å². The number of nitrogens with zero attached hydrogens (tertiary/aromatic N) is 2. The topological polar surface area (TPSA) is 51.8 Å². The van der Waals surface area contributed by atoms with E-state index in [0.717, 1.165) is 5.69 Å². The lowest BCUT2D eigenvalue weighted by atomic mass is 10.3. The molecule has 0 aliphatic carbocycles. The fourth-order valence-corrected chi connectivity index (χ4v) is 0.929. The zero-order chi connectivity index (χ0) is 5.98. The predicted octanol–water partition coefficient (Wildman–Crippen LogP) is 0.558. The lowest BCUT2D eigenvalue weighted by molar-refractivity contribution is 0.773. The molecule has 1 aromatic heterocycles. The van der Waals surface area contributed by atoms with Crippen LogP contribution in [0.4, 0.5) is 0 Å². The van der Waals surface area contributed by atoms with Crippen LogP contribution in [0, 0.1) is 0 Å². The summed E-state index contributed by atoms with van der Waals surface area (Å²) in [5.41, 5.74) is 6.33. The molecule has 4 heteroatoms. The van der Waals surface area contributed by atoms with Crippen LogP contribution in [0.3, 0.4) is 0 Å². The van der Waals surface area contributed by atoms with Crippen LogP contribution in [0.2, 0.25) is 0 Å². The van der Waals surface area contributed by atoms with Crippen molar-refractivity contribution < 1.29 is 0 Å². The van der Waals surface area contributed by atoms with Crippen molar-refractivity contribution in [2.45, 2.75) is 13.0 Å². The normalized spacial score (nSPS) is 13.8. The largest absolute Gasteiger partial charge is 0.323 e. The summed E-state index contributed by atoms with van der Waals surface area (Å²) in [6.07, 6.45) is 0. The molecule has 0 spiro atoms. The van der Waals surface area contributed by atoms with E-state index in [4.69, 9.17) is 5.73 Å². The van der Waals surface area contributed by atoms with Crippen molar-refractivity contribution in [3.63, 3.8) is 0 Å². The van der Waals surface area contributed by atoms with Gasteiger partial charge in [0.15, 0.2) is 0 Å². The van der Waals surface area contributed by atoms with E-state index in [9.17, 15) is 0 Å². The third kappa shape index (κ3) is 1.02. The van der Waals surface area contributed by atoms with Gasteiger partial charge in [-0.3, -0.25) is 0 Å². The molecule has 0 saturated carbocycles. The molecule has 0 amide bonds. The van der Waals surface area contributed by atoms with Gasteiger partial charge in [-0.05, 0) is 18.5 Å².